The summed E-state index contributed by atoms with van der Waals surface area (Å²) in [4.78, 5) is 12.4. The minimum absolute atomic E-state index is 0.149. The number of carbonyl (C=O) groups excluding carboxylic acids is 1. The van der Waals surface area contributed by atoms with Crippen molar-refractivity contribution in [1.82, 2.24) is 25.9 Å². The minimum atomic E-state index is -0.149. The van der Waals surface area contributed by atoms with Gasteiger partial charge in [0.25, 0.3) is 0 Å². The van der Waals surface area contributed by atoms with E-state index in [1.54, 1.807) is 0 Å². The second kappa shape index (κ2) is 11.6. The standard InChI is InChI=1S/C22H33N5OS/c1-5-6-8-11-16(2)15-23-22(29)25-24-21(28)14-20-17(3)26-27(18(20)4)19-12-9-7-10-13-19/h7,9-10,12-13,16H,5-6,8,11,14-15H2,1-4H3,(H,24,28)(H2,23,25,29)/t16-/m1/s1. The molecular weight excluding hydrogens is 382 g/mol. The molecule has 0 saturated carbocycles. The first-order valence-corrected chi connectivity index (χ1v) is 10.8. The van der Waals surface area contributed by atoms with Crippen molar-refractivity contribution in [2.45, 2.75) is 59.8 Å². The van der Waals surface area contributed by atoms with Crippen LogP contribution in [0.5, 0.6) is 0 Å². The number of hydrogen-bond donors (Lipinski definition) is 3. The molecule has 1 aromatic heterocycles. The lowest BCUT2D eigenvalue weighted by Crippen LogP contribution is -2.48. The van der Waals surface area contributed by atoms with E-state index in [4.69, 9.17) is 12.2 Å². The molecule has 1 aromatic carbocycles. The van der Waals surface area contributed by atoms with Crippen LogP contribution in [0.15, 0.2) is 30.3 Å². The van der Waals surface area contributed by atoms with Gasteiger partial charge in [0.2, 0.25) is 5.91 Å². The SMILES string of the molecule is CCCCC[C@@H](C)CNC(=S)NNC(=O)Cc1c(C)nn(-c2ccccc2)c1C. The van der Waals surface area contributed by atoms with Crippen molar-refractivity contribution < 1.29 is 4.79 Å². The highest BCUT2D eigenvalue weighted by Crippen LogP contribution is 2.18. The largest absolute Gasteiger partial charge is 0.361 e. The number of benzene rings is 1. The van der Waals surface area contributed by atoms with E-state index in [9.17, 15) is 4.79 Å². The van der Waals surface area contributed by atoms with Crippen LogP contribution in [-0.4, -0.2) is 27.3 Å². The molecule has 29 heavy (non-hydrogen) atoms. The lowest BCUT2D eigenvalue weighted by atomic mass is 10.0. The van der Waals surface area contributed by atoms with Gasteiger partial charge < -0.3 is 5.32 Å². The van der Waals surface area contributed by atoms with E-state index in [2.05, 4.69) is 35.1 Å². The van der Waals surface area contributed by atoms with E-state index in [1.807, 2.05) is 48.9 Å². The molecule has 7 heteroatoms. The Balaban J connectivity index is 1.81. The summed E-state index contributed by atoms with van der Waals surface area (Å²) >= 11 is 5.26. The van der Waals surface area contributed by atoms with Crippen molar-refractivity contribution in [3.05, 3.63) is 47.3 Å². The smallest absolute Gasteiger partial charge is 0.242 e. The molecule has 2 aromatic rings. The molecule has 158 valence electrons. The molecule has 0 saturated heterocycles. The Morgan fingerprint density at radius 2 is 1.90 bits per heavy atom. The van der Waals surface area contributed by atoms with Gasteiger partial charge in [-0.1, -0.05) is 51.3 Å². The van der Waals surface area contributed by atoms with Crippen LogP contribution in [0, 0.1) is 19.8 Å². The van der Waals surface area contributed by atoms with Crippen LogP contribution in [0.25, 0.3) is 5.69 Å². The van der Waals surface area contributed by atoms with E-state index in [0.717, 1.165) is 29.2 Å². The zero-order valence-electron chi connectivity index (χ0n) is 17.9. The Labute approximate surface area is 179 Å². The number of nitrogens with one attached hydrogen (secondary N) is 3. The highest BCUT2D eigenvalue weighted by atomic mass is 32.1. The number of hydrazine groups is 1. The zero-order valence-corrected chi connectivity index (χ0v) is 18.7. The number of rotatable bonds is 9. The molecule has 1 amide bonds. The van der Waals surface area contributed by atoms with Crippen molar-refractivity contribution in [2.24, 2.45) is 5.92 Å². The summed E-state index contributed by atoms with van der Waals surface area (Å²) in [6, 6.07) is 9.91. The van der Waals surface area contributed by atoms with Gasteiger partial charge in [-0.15, -0.1) is 0 Å². The lowest BCUT2D eigenvalue weighted by molar-refractivity contribution is -0.121. The third-order valence-corrected chi connectivity index (χ3v) is 5.25. The lowest BCUT2D eigenvalue weighted by Gasteiger charge is -2.15. The summed E-state index contributed by atoms with van der Waals surface area (Å²) in [5, 5.41) is 8.19. The van der Waals surface area contributed by atoms with Crippen molar-refractivity contribution in [2.75, 3.05) is 6.54 Å². The van der Waals surface area contributed by atoms with Crippen LogP contribution >= 0.6 is 12.2 Å². The fourth-order valence-corrected chi connectivity index (χ4v) is 3.37. The summed E-state index contributed by atoms with van der Waals surface area (Å²) in [6.45, 7) is 9.12. The first kappa shape index (κ1) is 22.9. The molecule has 0 aliphatic rings. The Morgan fingerprint density at radius 3 is 2.59 bits per heavy atom. The highest BCUT2D eigenvalue weighted by Gasteiger charge is 2.16. The van der Waals surface area contributed by atoms with E-state index < -0.39 is 0 Å². The summed E-state index contributed by atoms with van der Waals surface area (Å²) < 4.78 is 1.87. The number of thiocarbonyl (C=S) groups is 1. The molecule has 3 N–H and O–H groups in total. The predicted octanol–water partition coefficient (Wildman–Crippen LogP) is 3.74. The average Bonchev–Trinajstić information content (AvgIpc) is 3.00. The molecule has 2 rings (SSSR count). The normalized spacial score (nSPS) is 11.7. The fraction of sp³-hybridized carbons (Fsp3) is 0.500. The second-order valence-electron chi connectivity index (χ2n) is 7.56. The van der Waals surface area contributed by atoms with Crippen LogP contribution < -0.4 is 16.2 Å². The molecule has 0 fully saturated rings. The topological polar surface area (TPSA) is 71.0 Å². The fourth-order valence-electron chi connectivity index (χ4n) is 3.24. The van der Waals surface area contributed by atoms with Gasteiger partial charge in [0.1, 0.15) is 0 Å². The van der Waals surface area contributed by atoms with Gasteiger partial charge >= 0.3 is 0 Å². The molecule has 1 atom stereocenters. The van der Waals surface area contributed by atoms with E-state index in [1.165, 1.54) is 25.7 Å². The van der Waals surface area contributed by atoms with Gasteiger partial charge in [-0.3, -0.25) is 15.6 Å². The molecule has 1 heterocycles. The van der Waals surface area contributed by atoms with Crippen LogP contribution in [0.2, 0.25) is 0 Å². The highest BCUT2D eigenvalue weighted by molar-refractivity contribution is 7.80. The third kappa shape index (κ3) is 7.16. The van der Waals surface area contributed by atoms with Gasteiger partial charge in [-0.2, -0.15) is 5.10 Å². The summed E-state index contributed by atoms with van der Waals surface area (Å²) in [7, 11) is 0. The number of carbonyl (C=O) groups is 1. The molecule has 0 spiro atoms. The molecule has 0 radical (unpaired) electrons. The average molecular weight is 416 g/mol. The van der Waals surface area contributed by atoms with Gasteiger partial charge in [-0.25, -0.2) is 4.68 Å². The molecule has 0 aliphatic carbocycles. The maximum atomic E-state index is 12.4. The summed E-state index contributed by atoms with van der Waals surface area (Å²) in [6.07, 6.45) is 5.16. The Kier molecular flexibility index (Phi) is 9.12. The molecule has 0 bridgehead atoms. The van der Waals surface area contributed by atoms with Crippen LogP contribution in [0.4, 0.5) is 0 Å². The summed E-state index contributed by atoms with van der Waals surface area (Å²) in [5.41, 5.74) is 9.20. The Morgan fingerprint density at radius 1 is 1.17 bits per heavy atom. The van der Waals surface area contributed by atoms with Crippen molar-refractivity contribution >= 4 is 23.2 Å². The third-order valence-electron chi connectivity index (χ3n) is 5.01. The molecule has 0 unspecified atom stereocenters. The van der Waals surface area contributed by atoms with Crippen LogP contribution in [-0.2, 0) is 11.2 Å². The van der Waals surface area contributed by atoms with Crippen LogP contribution in [0.1, 0.15) is 56.5 Å². The first-order valence-electron chi connectivity index (χ1n) is 10.4. The van der Waals surface area contributed by atoms with E-state index in [0.29, 0.717) is 11.0 Å². The molecular formula is C22H33N5OS. The number of aryl methyl sites for hydroxylation is 1. The molecule has 6 nitrogen and oxygen atoms in total. The van der Waals surface area contributed by atoms with Crippen molar-refractivity contribution in [3.8, 4) is 5.69 Å². The maximum Gasteiger partial charge on any atom is 0.242 e. The van der Waals surface area contributed by atoms with Gasteiger partial charge in [0, 0.05) is 17.8 Å². The quantitative estimate of drug-likeness (QED) is 0.331. The Bertz CT molecular complexity index is 803. The second-order valence-corrected chi connectivity index (χ2v) is 7.97. The monoisotopic (exact) mass is 415 g/mol. The number of amides is 1. The van der Waals surface area contributed by atoms with Gasteiger partial charge in [0.05, 0.1) is 17.8 Å². The van der Waals surface area contributed by atoms with Gasteiger partial charge in [0.15, 0.2) is 5.11 Å². The van der Waals surface area contributed by atoms with Crippen molar-refractivity contribution in [3.63, 3.8) is 0 Å². The number of hydrogen-bond acceptors (Lipinski definition) is 3. The summed E-state index contributed by atoms with van der Waals surface area (Å²) in [5.74, 6) is 0.398. The Hall–Kier alpha value is -2.41. The van der Waals surface area contributed by atoms with Gasteiger partial charge in [-0.05, 0) is 50.5 Å². The number of para-hydroxylation sites is 1. The minimum Gasteiger partial charge on any atom is -0.361 e. The van der Waals surface area contributed by atoms with E-state index >= 15 is 0 Å². The number of nitrogens with zero attached hydrogens (tertiary/aromatic N) is 2. The number of unbranched alkanes of at least 4 members (excludes halogenated alkanes) is 2. The predicted molar refractivity (Wildman–Crippen MR) is 122 cm³/mol. The van der Waals surface area contributed by atoms with E-state index in [-0.39, 0.29) is 12.3 Å². The zero-order chi connectivity index (χ0) is 21.2. The molecule has 0 aliphatic heterocycles. The van der Waals surface area contributed by atoms with Crippen molar-refractivity contribution in [1.29, 1.82) is 0 Å². The number of aromatic nitrogens is 2. The van der Waals surface area contributed by atoms with Crippen LogP contribution in [0.3, 0.4) is 0 Å². The first-order chi connectivity index (χ1) is 13.9. The maximum absolute atomic E-state index is 12.4.